The molecule has 5 heteroatoms. The molecule has 2 rings (SSSR count). The summed E-state index contributed by atoms with van der Waals surface area (Å²) in [5.41, 5.74) is 0.659. The molecule has 0 saturated heterocycles. The van der Waals surface area contributed by atoms with Gasteiger partial charge in [0.1, 0.15) is 5.82 Å². The molecule has 5 nitrogen and oxygen atoms in total. The summed E-state index contributed by atoms with van der Waals surface area (Å²) in [5.74, 6) is 0.00232. The van der Waals surface area contributed by atoms with Crippen molar-refractivity contribution in [2.75, 3.05) is 18.5 Å². The maximum absolute atomic E-state index is 11.1. The molecule has 0 aliphatic carbocycles. The molecule has 0 saturated carbocycles. The van der Waals surface area contributed by atoms with Crippen LogP contribution in [0.25, 0.3) is 10.9 Å². The van der Waals surface area contributed by atoms with E-state index in [9.17, 15) is 4.79 Å². The summed E-state index contributed by atoms with van der Waals surface area (Å²) in [6.45, 7) is 5.15. The Labute approximate surface area is 118 Å². The molecule has 0 radical (unpaired) electrons. The van der Waals surface area contributed by atoms with Crippen LogP contribution in [0.5, 0.6) is 0 Å². The van der Waals surface area contributed by atoms with Crippen molar-refractivity contribution < 1.29 is 9.90 Å². The van der Waals surface area contributed by atoms with Crippen LogP contribution in [0.15, 0.2) is 24.3 Å². The topological polar surface area (TPSA) is 66.3 Å². The van der Waals surface area contributed by atoms with E-state index in [1.807, 2.05) is 36.2 Å². The highest BCUT2D eigenvalue weighted by atomic mass is 16.4. The molecule has 0 aliphatic heterocycles. The number of carbonyl (C=O) groups is 1. The van der Waals surface area contributed by atoms with Gasteiger partial charge in [0.2, 0.25) is 5.82 Å². The van der Waals surface area contributed by atoms with Crippen molar-refractivity contribution in [3.63, 3.8) is 0 Å². The number of benzene rings is 1. The van der Waals surface area contributed by atoms with Crippen molar-refractivity contribution >= 4 is 22.7 Å². The Hall–Kier alpha value is -2.17. The minimum atomic E-state index is -1.10. The zero-order chi connectivity index (χ0) is 14.7. The quantitative estimate of drug-likeness (QED) is 0.907. The first-order valence-corrected chi connectivity index (χ1v) is 6.70. The van der Waals surface area contributed by atoms with Gasteiger partial charge >= 0.3 is 5.97 Å². The number of aromatic nitrogens is 2. The van der Waals surface area contributed by atoms with Crippen LogP contribution in [-0.4, -0.2) is 34.6 Å². The lowest BCUT2D eigenvalue weighted by molar-refractivity contribution is 0.0684. The van der Waals surface area contributed by atoms with E-state index in [1.54, 1.807) is 0 Å². The van der Waals surface area contributed by atoms with Crippen molar-refractivity contribution in [1.82, 2.24) is 9.97 Å². The fourth-order valence-corrected chi connectivity index (χ4v) is 2.00. The highest BCUT2D eigenvalue weighted by molar-refractivity contribution is 5.93. The average Bonchev–Trinajstić information content (AvgIpc) is 2.43. The number of fused-ring (bicyclic) bond motifs is 1. The number of hydrogen-bond acceptors (Lipinski definition) is 4. The second-order valence-electron chi connectivity index (χ2n) is 5.30. The second-order valence-corrected chi connectivity index (χ2v) is 5.30. The summed E-state index contributed by atoms with van der Waals surface area (Å²) in [4.78, 5) is 21.4. The molecular formula is C15H19N3O2. The van der Waals surface area contributed by atoms with Crippen LogP contribution in [0, 0.1) is 5.92 Å². The Kier molecular flexibility index (Phi) is 4.17. The van der Waals surface area contributed by atoms with Crippen molar-refractivity contribution in [2.24, 2.45) is 5.92 Å². The lowest BCUT2D eigenvalue weighted by atomic mass is 10.1. The first-order valence-electron chi connectivity index (χ1n) is 6.70. The molecule has 1 heterocycles. The molecule has 0 amide bonds. The smallest absolute Gasteiger partial charge is 0.374 e. The lowest BCUT2D eigenvalue weighted by Gasteiger charge is -2.21. The molecule has 0 unspecified atom stereocenters. The van der Waals surface area contributed by atoms with Crippen molar-refractivity contribution in [3.8, 4) is 0 Å². The van der Waals surface area contributed by atoms with E-state index < -0.39 is 5.97 Å². The third-order valence-electron chi connectivity index (χ3n) is 3.18. The van der Waals surface area contributed by atoms with Gasteiger partial charge in [-0.15, -0.1) is 0 Å². The van der Waals surface area contributed by atoms with E-state index in [1.165, 1.54) is 0 Å². The van der Waals surface area contributed by atoms with Crippen LogP contribution >= 0.6 is 0 Å². The molecule has 2 aromatic rings. The first kappa shape index (κ1) is 14.2. The van der Waals surface area contributed by atoms with E-state index in [2.05, 4.69) is 23.8 Å². The van der Waals surface area contributed by atoms with E-state index in [-0.39, 0.29) is 5.82 Å². The van der Waals surface area contributed by atoms with E-state index in [0.29, 0.717) is 17.3 Å². The minimum absolute atomic E-state index is 0.157. The molecule has 1 N–H and O–H groups in total. The molecule has 0 bridgehead atoms. The van der Waals surface area contributed by atoms with Crippen LogP contribution < -0.4 is 4.90 Å². The maximum Gasteiger partial charge on any atom is 0.374 e. The van der Waals surface area contributed by atoms with Gasteiger partial charge in [0, 0.05) is 19.0 Å². The van der Waals surface area contributed by atoms with E-state index >= 15 is 0 Å². The Morgan fingerprint density at radius 2 is 2.00 bits per heavy atom. The van der Waals surface area contributed by atoms with Crippen LogP contribution in [0.1, 0.15) is 30.9 Å². The molecule has 0 spiro atoms. The molecule has 1 aromatic carbocycles. The average molecular weight is 273 g/mol. The zero-order valence-corrected chi connectivity index (χ0v) is 12.0. The predicted octanol–water partition coefficient (Wildman–Crippen LogP) is 2.81. The lowest BCUT2D eigenvalue weighted by Crippen LogP contribution is -2.22. The summed E-state index contributed by atoms with van der Waals surface area (Å²) in [6, 6.07) is 7.48. The maximum atomic E-state index is 11.1. The van der Waals surface area contributed by atoms with Crippen molar-refractivity contribution in [1.29, 1.82) is 0 Å². The Morgan fingerprint density at radius 3 is 2.65 bits per heavy atom. The Balaban J connectivity index is 2.46. The van der Waals surface area contributed by atoms with Crippen LogP contribution in [-0.2, 0) is 0 Å². The SMILES string of the molecule is CC(C)CCN(C)c1nc(C(=O)O)nc2ccccc12. The summed E-state index contributed by atoms with van der Waals surface area (Å²) < 4.78 is 0. The number of nitrogens with zero attached hydrogens (tertiary/aromatic N) is 3. The number of hydrogen-bond donors (Lipinski definition) is 1. The van der Waals surface area contributed by atoms with Crippen LogP contribution in [0.2, 0.25) is 0 Å². The largest absolute Gasteiger partial charge is 0.475 e. The Morgan fingerprint density at radius 1 is 1.30 bits per heavy atom. The van der Waals surface area contributed by atoms with Gasteiger partial charge < -0.3 is 10.0 Å². The monoisotopic (exact) mass is 273 g/mol. The van der Waals surface area contributed by atoms with E-state index in [4.69, 9.17) is 5.11 Å². The molecule has 20 heavy (non-hydrogen) atoms. The number of rotatable bonds is 5. The summed E-state index contributed by atoms with van der Waals surface area (Å²) >= 11 is 0. The zero-order valence-electron chi connectivity index (χ0n) is 12.0. The molecule has 0 atom stereocenters. The highest BCUT2D eigenvalue weighted by Gasteiger charge is 2.15. The molecule has 0 aliphatic rings. The fourth-order valence-electron chi connectivity index (χ4n) is 2.00. The van der Waals surface area contributed by atoms with E-state index in [0.717, 1.165) is 18.4 Å². The van der Waals surface area contributed by atoms with Crippen LogP contribution in [0.4, 0.5) is 5.82 Å². The second kappa shape index (κ2) is 5.86. The van der Waals surface area contributed by atoms with Crippen molar-refractivity contribution in [3.05, 3.63) is 30.1 Å². The molecule has 106 valence electrons. The summed E-state index contributed by atoms with van der Waals surface area (Å²) in [5, 5.41) is 10.0. The predicted molar refractivity (Wildman–Crippen MR) is 79.2 cm³/mol. The van der Waals surface area contributed by atoms with Gasteiger partial charge in [0.05, 0.1) is 5.52 Å². The third-order valence-corrected chi connectivity index (χ3v) is 3.18. The molecular weight excluding hydrogens is 254 g/mol. The van der Waals surface area contributed by atoms with Gasteiger partial charge in [0.25, 0.3) is 0 Å². The number of aromatic carboxylic acids is 1. The summed E-state index contributed by atoms with van der Waals surface area (Å²) in [7, 11) is 1.93. The molecule has 0 fully saturated rings. The van der Waals surface area contributed by atoms with Crippen molar-refractivity contribution in [2.45, 2.75) is 20.3 Å². The summed E-state index contributed by atoms with van der Waals surface area (Å²) in [6.07, 6.45) is 1.03. The normalized spacial score (nSPS) is 11.0. The first-order chi connectivity index (χ1) is 9.49. The standard InChI is InChI=1S/C15H19N3O2/c1-10(2)8-9-18(3)14-11-6-4-5-7-12(11)16-13(17-14)15(19)20/h4-7,10H,8-9H2,1-3H3,(H,19,20). The van der Waals surface area contributed by atoms with Crippen LogP contribution in [0.3, 0.4) is 0 Å². The van der Waals surface area contributed by atoms with Gasteiger partial charge in [-0.25, -0.2) is 14.8 Å². The Bertz CT molecular complexity index is 626. The van der Waals surface area contributed by atoms with Gasteiger partial charge in [-0.2, -0.15) is 0 Å². The number of anilines is 1. The van der Waals surface area contributed by atoms with Gasteiger partial charge in [-0.05, 0) is 24.5 Å². The minimum Gasteiger partial charge on any atom is -0.475 e. The van der Waals surface area contributed by atoms with Gasteiger partial charge in [-0.1, -0.05) is 26.0 Å². The number of para-hydroxylation sites is 1. The third kappa shape index (κ3) is 3.04. The number of carboxylic acid groups (broad SMARTS) is 1. The number of carboxylic acids is 1. The fraction of sp³-hybridized carbons (Fsp3) is 0.400. The van der Waals surface area contributed by atoms with Gasteiger partial charge in [0.15, 0.2) is 0 Å². The highest BCUT2D eigenvalue weighted by Crippen LogP contribution is 2.23. The van der Waals surface area contributed by atoms with Gasteiger partial charge in [-0.3, -0.25) is 0 Å². The molecule has 1 aromatic heterocycles.